The molecule has 0 aliphatic rings. The van der Waals surface area contributed by atoms with Crippen LogP contribution in [0.5, 0.6) is 0 Å². The zero-order chi connectivity index (χ0) is 23.3. The number of hydrogen-bond donors (Lipinski definition) is 2. The van der Waals surface area contributed by atoms with Crippen molar-refractivity contribution in [3.05, 3.63) is 75.5 Å². The number of aryl methyl sites for hydroxylation is 1. The number of hydrogen-bond acceptors (Lipinski definition) is 8. The molecular formula is C21H16Cl2N8O. The van der Waals surface area contributed by atoms with Crippen LogP contribution in [-0.2, 0) is 4.79 Å². The van der Waals surface area contributed by atoms with Crippen LogP contribution in [0, 0.1) is 29.6 Å². The van der Waals surface area contributed by atoms with Crippen molar-refractivity contribution in [2.75, 3.05) is 11.3 Å². The van der Waals surface area contributed by atoms with Crippen molar-refractivity contribution in [2.45, 2.75) is 18.8 Å². The van der Waals surface area contributed by atoms with Gasteiger partial charge >= 0.3 is 0 Å². The fraction of sp³-hybridized carbons (Fsp3) is 0.143. The lowest BCUT2D eigenvalue weighted by molar-refractivity contribution is -0.113. The highest BCUT2D eigenvalue weighted by Gasteiger charge is 2.32. The van der Waals surface area contributed by atoms with Crippen LogP contribution in [0.25, 0.3) is 0 Å². The lowest BCUT2D eigenvalue weighted by Gasteiger charge is -2.16. The van der Waals surface area contributed by atoms with Crippen molar-refractivity contribution in [3.63, 3.8) is 0 Å². The number of ketones is 1. The first-order valence-electron chi connectivity index (χ1n) is 9.20. The second-order valence-corrected chi connectivity index (χ2v) is 7.51. The molecule has 3 aromatic rings. The number of nitriles is 2. The van der Waals surface area contributed by atoms with Crippen molar-refractivity contribution in [3.8, 4) is 12.1 Å². The summed E-state index contributed by atoms with van der Waals surface area (Å²) < 4.78 is 1.14. The Hall–Kier alpha value is -3.92. The van der Waals surface area contributed by atoms with E-state index in [4.69, 9.17) is 29.0 Å². The third-order valence-corrected chi connectivity index (χ3v) is 5.10. The first kappa shape index (κ1) is 22.8. The van der Waals surface area contributed by atoms with E-state index in [2.05, 4.69) is 26.8 Å². The van der Waals surface area contributed by atoms with Crippen LogP contribution < -0.4 is 11.3 Å². The molecule has 3 N–H and O–H groups in total. The molecule has 0 saturated carbocycles. The molecule has 0 bridgehead atoms. The number of aromatic nitrogens is 3. The van der Waals surface area contributed by atoms with Crippen molar-refractivity contribution >= 4 is 40.6 Å². The smallest absolute Gasteiger partial charge is 0.263 e. The molecule has 0 amide bonds. The molecule has 1 heterocycles. The van der Waals surface area contributed by atoms with Crippen LogP contribution in [-0.4, -0.2) is 26.4 Å². The minimum absolute atomic E-state index is 0.0561. The zero-order valence-electron chi connectivity index (χ0n) is 16.7. The highest BCUT2D eigenvalue weighted by atomic mass is 35.5. The van der Waals surface area contributed by atoms with E-state index >= 15 is 0 Å². The van der Waals surface area contributed by atoms with E-state index in [0.717, 1.165) is 4.68 Å². The summed E-state index contributed by atoms with van der Waals surface area (Å²) in [7, 11) is 0. The van der Waals surface area contributed by atoms with Crippen LogP contribution in [0.15, 0.2) is 53.6 Å². The average Bonchev–Trinajstić information content (AvgIpc) is 3.11. The van der Waals surface area contributed by atoms with E-state index in [1.807, 2.05) is 6.07 Å². The Bertz CT molecular complexity index is 1240. The van der Waals surface area contributed by atoms with Gasteiger partial charge in [-0.1, -0.05) is 47.5 Å². The fourth-order valence-corrected chi connectivity index (χ4v) is 3.11. The molecule has 1 aromatic heterocycles. The van der Waals surface area contributed by atoms with E-state index < -0.39 is 17.6 Å². The number of nitrogens with two attached hydrogens (primary N) is 1. The molecule has 0 spiro atoms. The Labute approximate surface area is 193 Å². The van der Waals surface area contributed by atoms with Gasteiger partial charge in [0.1, 0.15) is 17.5 Å². The van der Waals surface area contributed by atoms with Gasteiger partial charge in [-0.15, -0.1) is 10.2 Å². The average molecular weight is 467 g/mol. The summed E-state index contributed by atoms with van der Waals surface area (Å²) >= 11 is 11.9. The normalized spacial score (nSPS) is 13.0. The number of anilines is 1. The number of benzene rings is 2. The fourth-order valence-electron chi connectivity index (χ4n) is 2.85. The molecule has 32 heavy (non-hydrogen) atoms. The summed E-state index contributed by atoms with van der Waals surface area (Å²) in [5.41, 5.74) is 3.27. The largest absolute Gasteiger partial charge is 0.335 e. The minimum Gasteiger partial charge on any atom is -0.335 e. The lowest BCUT2D eigenvalue weighted by Crippen LogP contribution is -2.28. The number of carbonyl (C=O) groups excluding carboxylic acids is 1. The topological polar surface area (TPSA) is 146 Å². The molecule has 2 aromatic carbocycles. The van der Waals surface area contributed by atoms with Gasteiger partial charge in [-0.3, -0.25) is 4.79 Å². The van der Waals surface area contributed by atoms with Gasteiger partial charge < -0.3 is 5.84 Å². The Morgan fingerprint density at radius 2 is 1.50 bits per heavy atom. The van der Waals surface area contributed by atoms with Crippen molar-refractivity contribution in [1.29, 1.82) is 10.5 Å². The Morgan fingerprint density at radius 1 is 1.00 bits per heavy atom. The SMILES string of the molecule is Cc1nnc(N/N=C(\C(=O)[C@@H](C#N)c2ccc(Cl)cc2)[C@@H](C#N)c2ccc(Cl)cc2)n1N. The molecule has 2 atom stereocenters. The number of hydrazone groups is 1. The summed E-state index contributed by atoms with van der Waals surface area (Å²) in [5.74, 6) is 3.31. The van der Waals surface area contributed by atoms with E-state index in [-0.39, 0.29) is 11.7 Å². The lowest BCUT2D eigenvalue weighted by atomic mass is 9.86. The Morgan fingerprint density at radius 3 is 1.94 bits per heavy atom. The van der Waals surface area contributed by atoms with Crippen LogP contribution >= 0.6 is 23.2 Å². The second-order valence-electron chi connectivity index (χ2n) is 6.64. The van der Waals surface area contributed by atoms with Crippen LogP contribution in [0.4, 0.5) is 5.95 Å². The third kappa shape index (κ3) is 4.86. The van der Waals surface area contributed by atoms with Crippen molar-refractivity contribution in [1.82, 2.24) is 14.9 Å². The maximum Gasteiger partial charge on any atom is 0.263 e. The van der Waals surface area contributed by atoms with E-state index in [1.165, 1.54) is 0 Å². The predicted molar refractivity (Wildman–Crippen MR) is 121 cm³/mol. The monoisotopic (exact) mass is 466 g/mol. The van der Waals surface area contributed by atoms with Crippen molar-refractivity contribution < 1.29 is 4.79 Å². The number of halogens is 2. The Kier molecular flexibility index (Phi) is 7.06. The number of nitrogens with zero attached hydrogens (tertiary/aromatic N) is 6. The predicted octanol–water partition coefficient (Wildman–Crippen LogP) is 3.56. The molecule has 11 heteroatoms. The maximum atomic E-state index is 13.4. The number of nitrogens with one attached hydrogen (secondary N) is 1. The minimum atomic E-state index is -1.21. The molecule has 0 unspecified atom stereocenters. The number of nitrogen functional groups attached to an aromatic ring is 1. The summed E-state index contributed by atoms with van der Waals surface area (Å²) in [6.07, 6.45) is 0. The molecule has 0 saturated heterocycles. The first-order chi connectivity index (χ1) is 15.3. The number of carbonyl (C=O) groups is 1. The molecular weight excluding hydrogens is 451 g/mol. The van der Waals surface area contributed by atoms with Gasteiger partial charge in [0.25, 0.3) is 5.95 Å². The molecule has 0 radical (unpaired) electrons. The number of rotatable bonds is 7. The number of Topliss-reactive ketones (excluding diaryl/α,β-unsaturated/α-hetero) is 1. The van der Waals surface area contributed by atoms with Gasteiger partial charge in [-0.2, -0.15) is 15.6 Å². The molecule has 0 aliphatic heterocycles. The molecule has 0 aliphatic carbocycles. The van der Waals surface area contributed by atoms with Gasteiger partial charge in [0, 0.05) is 10.0 Å². The first-order valence-corrected chi connectivity index (χ1v) is 9.96. The van der Waals surface area contributed by atoms with Gasteiger partial charge in [-0.25, -0.2) is 10.1 Å². The van der Waals surface area contributed by atoms with E-state index in [9.17, 15) is 15.3 Å². The van der Waals surface area contributed by atoms with Crippen LogP contribution in [0.1, 0.15) is 28.8 Å². The van der Waals surface area contributed by atoms with E-state index in [0.29, 0.717) is 27.0 Å². The Balaban J connectivity index is 2.06. The van der Waals surface area contributed by atoms with E-state index in [1.54, 1.807) is 55.5 Å². The van der Waals surface area contributed by atoms with Gasteiger partial charge in [0.2, 0.25) is 5.78 Å². The second kappa shape index (κ2) is 9.92. The summed E-state index contributed by atoms with van der Waals surface area (Å²) in [6, 6.07) is 16.8. The maximum absolute atomic E-state index is 13.4. The highest BCUT2D eigenvalue weighted by molar-refractivity contribution is 6.45. The van der Waals surface area contributed by atoms with Gasteiger partial charge in [0.15, 0.2) is 5.82 Å². The third-order valence-electron chi connectivity index (χ3n) is 4.60. The standard InChI is InChI=1S/C21H16Cl2N8O/c1-12-27-29-21(31(12)26)30-28-19(17(10-24)13-2-6-15(22)7-3-13)20(32)18(11-25)14-4-8-16(23)9-5-14/h2-9,17-18H,26H2,1H3,(H,29,30)/b28-19-/t17-,18-/m0/s1. The zero-order valence-corrected chi connectivity index (χ0v) is 18.2. The van der Waals surface area contributed by atoms with Gasteiger partial charge in [0.05, 0.1) is 12.1 Å². The highest BCUT2D eigenvalue weighted by Crippen LogP contribution is 2.26. The summed E-state index contributed by atoms with van der Waals surface area (Å²) in [5, 5.41) is 32.3. The quantitative estimate of drug-likeness (QED) is 0.307. The molecule has 3 rings (SSSR count). The summed E-state index contributed by atoms with van der Waals surface area (Å²) in [6.45, 7) is 1.63. The molecule has 0 fully saturated rings. The summed E-state index contributed by atoms with van der Waals surface area (Å²) in [4.78, 5) is 13.4. The van der Waals surface area contributed by atoms with Crippen molar-refractivity contribution in [2.24, 2.45) is 5.10 Å². The molecule has 9 nitrogen and oxygen atoms in total. The van der Waals surface area contributed by atoms with Gasteiger partial charge in [-0.05, 0) is 42.3 Å². The van der Waals surface area contributed by atoms with Crippen LogP contribution in [0.3, 0.4) is 0 Å². The molecule has 160 valence electrons. The van der Waals surface area contributed by atoms with Crippen LogP contribution in [0.2, 0.25) is 10.0 Å².